The van der Waals surface area contributed by atoms with Crippen LogP contribution in [-0.2, 0) is 0 Å². The molecule has 0 spiro atoms. The molecular formula is C14H13N3O. The van der Waals surface area contributed by atoms with Gasteiger partial charge in [0, 0.05) is 0 Å². The lowest BCUT2D eigenvalue weighted by Gasteiger charge is -2.14. The minimum Gasteiger partial charge on any atom is -0.285 e. The second kappa shape index (κ2) is 3.36. The van der Waals surface area contributed by atoms with E-state index in [9.17, 15) is 4.79 Å². The Hall–Kier alpha value is -2.28. The van der Waals surface area contributed by atoms with Crippen LogP contribution in [-0.4, -0.2) is 21.7 Å². The molecule has 0 unspecified atom stereocenters. The normalized spacial score (nSPS) is 21.9. The van der Waals surface area contributed by atoms with Gasteiger partial charge in [-0.2, -0.15) is 0 Å². The predicted molar refractivity (Wildman–Crippen MR) is 71.1 cm³/mol. The fourth-order valence-electron chi connectivity index (χ4n) is 2.19. The summed E-state index contributed by atoms with van der Waals surface area (Å²) in [5.41, 5.74) is 0.302. The number of nitrogens with zero attached hydrogens (tertiary/aromatic N) is 3. The zero-order valence-corrected chi connectivity index (χ0v) is 10.3. The van der Waals surface area contributed by atoms with Crippen LogP contribution in [0.4, 0.5) is 0 Å². The second-order valence-electron chi connectivity index (χ2n) is 4.77. The van der Waals surface area contributed by atoms with Crippen molar-refractivity contribution in [3.05, 3.63) is 40.4 Å². The van der Waals surface area contributed by atoms with Crippen molar-refractivity contribution in [1.82, 2.24) is 9.66 Å². The molecule has 18 heavy (non-hydrogen) atoms. The van der Waals surface area contributed by atoms with Gasteiger partial charge in [0.15, 0.2) is 0 Å². The Kier molecular flexibility index (Phi) is 2.02. The summed E-state index contributed by atoms with van der Waals surface area (Å²) in [5.74, 6) is 3.37. The van der Waals surface area contributed by atoms with Gasteiger partial charge in [-0.3, -0.25) is 9.80 Å². The first-order valence-electron chi connectivity index (χ1n) is 5.81. The molecule has 4 heteroatoms. The smallest absolute Gasteiger partial charge is 0.280 e. The molecule has 1 aromatic heterocycles. The van der Waals surface area contributed by atoms with E-state index in [-0.39, 0.29) is 11.1 Å². The molecule has 1 aromatic carbocycles. The van der Waals surface area contributed by atoms with Gasteiger partial charge in [0.05, 0.1) is 17.4 Å². The molecule has 3 rings (SSSR count). The van der Waals surface area contributed by atoms with Gasteiger partial charge >= 0.3 is 0 Å². The maximum absolute atomic E-state index is 12.4. The van der Waals surface area contributed by atoms with Gasteiger partial charge in [-0.05, 0) is 26.0 Å². The number of terminal acetylenes is 1. The molecule has 2 aromatic rings. The van der Waals surface area contributed by atoms with E-state index in [0.29, 0.717) is 17.8 Å². The first-order chi connectivity index (χ1) is 8.57. The zero-order chi connectivity index (χ0) is 12.9. The Labute approximate surface area is 105 Å². The van der Waals surface area contributed by atoms with E-state index in [1.165, 1.54) is 0 Å². The molecule has 0 saturated carbocycles. The van der Waals surface area contributed by atoms with E-state index in [1.807, 2.05) is 37.1 Å². The standard InChI is InChI=1S/C14H13N3O/c1-4-14(3)9-16(14)17-10(2)15-12-8-6-5-7-11(12)13(17)18/h1,5-8H,9H2,2-3H3/t14-,16?/m0/s1. The van der Waals surface area contributed by atoms with Crippen LogP contribution in [0.1, 0.15) is 12.7 Å². The van der Waals surface area contributed by atoms with Gasteiger partial charge in [-0.15, -0.1) is 6.42 Å². The van der Waals surface area contributed by atoms with Crippen LogP contribution in [0.25, 0.3) is 10.9 Å². The van der Waals surface area contributed by atoms with Crippen LogP contribution >= 0.6 is 0 Å². The van der Waals surface area contributed by atoms with Crippen LogP contribution in [0.3, 0.4) is 0 Å². The predicted octanol–water partition coefficient (Wildman–Crippen LogP) is 1.05. The molecule has 1 aliphatic rings. The maximum Gasteiger partial charge on any atom is 0.280 e. The highest BCUT2D eigenvalue weighted by atomic mass is 16.1. The van der Waals surface area contributed by atoms with E-state index in [1.54, 1.807) is 10.7 Å². The van der Waals surface area contributed by atoms with Gasteiger partial charge < -0.3 is 0 Å². The van der Waals surface area contributed by atoms with E-state index >= 15 is 0 Å². The monoisotopic (exact) mass is 239 g/mol. The van der Waals surface area contributed by atoms with E-state index < -0.39 is 0 Å². The number of benzene rings is 1. The first-order valence-corrected chi connectivity index (χ1v) is 5.81. The average Bonchev–Trinajstić information content (AvgIpc) is 3.02. The Morgan fingerprint density at radius 3 is 2.83 bits per heavy atom. The summed E-state index contributed by atoms with van der Waals surface area (Å²) in [6, 6.07) is 7.35. The van der Waals surface area contributed by atoms with E-state index in [4.69, 9.17) is 6.42 Å². The lowest BCUT2D eigenvalue weighted by atomic mass is 10.2. The van der Waals surface area contributed by atoms with Crippen molar-refractivity contribution in [2.24, 2.45) is 0 Å². The second-order valence-corrected chi connectivity index (χ2v) is 4.77. The summed E-state index contributed by atoms with van der Waals surface area (Å²) in [4.78, 5) is 16.9. The largest absolute Gasteiger partial charge is 0.285 e. The molecule has 2 heterocycles. The summed E-state index contributed by atoms with van der Waals surface area (Å²) in [5, 5.41) is 2.48. The Bertz CT molecular complexity index is 741. The maximum atomic E-state index is 12.4. The van der Waals surface area contributed by atoms with Gasteiger partial charge in [0.1, 0.15) is 11.4 Å². The number of aromatic nitrogens is 2. The minimum atomic E-state index is -0.362. The molecule has 0 amide bonds. The fraction of sp³-hybridized carbons (Fsp3) is 0.286. The number of hydrogen-bond acceptors (Lipinski definition) is 3. The highest BCUT2D eigenvalue weighted by Crippen LogP contribution is 2.28. The van der Waals surface area contributed by atoms with Crippen LogP contribution in [0.5, 0.6) is 0 Å². The topological polar surface area (TPSA) is 37.9 Å². The summed E-state index contributed by atoms with van der Waals surface area (Å²) < 4.78 is 1.59. The van der Waals surface area contributed by atoms with Crippen molar-refractivity contribution in [1.29, 1.82) is 0 Å². The molecular weight excluding hydrogens is 226 g/mol. The van der Waals surface area contributed by atoms with Crippen LogP contribution in [0.15, 0.2) is 29.1 Å². The fourth-order valence-corrected chi connectivity index (χ4v) is 2.19. The number of para-hydroxylation sites is 1. The average molecular weight is 239 g/mol. The van der Waals surface area contributed by atoms with Gasteiger partial charge in [-0.25, -0.2) is 9.66 Å². The van der Waals surface area contributed by atoms with Crippen LogP contribution in [0.2, 0.25) is 0 Å². The molecule has 0 N–H and O–H groups in total. The summed E-state index contributed by atoms with van der Waals surface area (Å²) in [6.45, 7) is 4.45. The van der Waals surface area contributed by atoms with Crippen LogP contribution in [0, 0.1) is 19.3 Å². The summed E-state index contributed by atoms with van der Waals surface area (Å²) in [6.07, 6.45) is 5.48. The van der Waals surface area contributed by atoms with Crippen molar-refractivity contribution in [2.75, 3.05) is 11.6 Å². The van der Waals surface area contributed by atoms with Crippen molar-refractivity contribution in [3.63, 3.8) is 0 Å². The van der Waals surface area contributed by atoms with E-state index in [0.717, 1.165) is 5.52 Å². The zero-order valence-electron chi connectivity index (χ0n) is 10.3. The third-order valence-electron chi connectivity index (χ3n) is 3.39. The third kappa shape index (κ3) is 1.34. The molecule has 0 radical (unpaired) electrons. The molecule has 1 saturated heterocycles. The molecule has 90 valence electrons. The van der Waals surface area contributed by atoms with Crippen molar-refractivity contribution in [3.8, 4) is 12.3 Å². The molecule has 1 aliphatic heterocycles. The Morgan fingerprint density at radius 1 is 1.44 bits per heavy atom. The van der Waals surface area contributed by atoms with Crippen molar-refractivity contribution < 1.29 is 0 Å². The van der Waals surface area contributed by atoms with E-state index in [2.05, 4.69) is 10.9 Å². The minimum absolute atomic E-state index is 0.0583. The SMILES string of the molecule is C#C[C@@]1(C)CN1n1c(C)nc2ccccc2c1=O. The number of fused-ring (bicyclic) bond motifs is 1. The van der Waals surface area contributed by atoms with Gasteiger partial charge in [-0.1, -0.05) is 18.1 Å². The van der Waals surface area contributed by atoms with Crippen molar-refractivity contribution in [2.45, 2.75) is 19.4 Å². The molecule has 1 atom stereocenters. The lowest BCUT2D eigenvalue weighted by Crippen LogP contribution is -2.35. The Morgan fingerprint density at radius 2 is 2.17 bits per heavy atom. The molecule has 0 bridgehead atoms. The summed E-state index contributed by atoms with van der Waals surface area (Å²) >= 11 is 0. The number of hydrogen-bond donors (Lipinski definition) is 0. The highest BCUT2D eigenvalue weighted by molar-refractivity contribution is 5.77. The van der Waals surface area contributed by atoms with Gasteiger partial charge in [0.2, 0.25) is 0 Å². The highest BCUT2D eigenvalue weighted by Gasteiger charge is 2.48. The quantitative estimate of drug-likeness (QED) is 0.551. The summed E-state index contributed by atoms with van der Waals surface area (Å²) in [7, 11) is 0. The molecule has 0 aliphatic carbocycles. The van der Waals surface area contributed by atoms with Crippen LogP contribution < -0.4 is 10.6 Å². The lowest BCUT2D eigenvalue weighted by molar-refractivity contribution is 0.688. The van der Waals surface area contributed by atoms with Gasteiger partial charge in [0.25, 0.3) is 5.56 Å². The van der Waals surface area contributed by atoms with Crippen molar-refractivity contribution >= 4 is 10.9 Å². The first kappa shape index (κ1) is 10.8. The number of aryl methyl sites for hydroxylation is 1. The number of rotatable bonds is 1. The Balaban J connectivity index is 2.26. The molecule has 1 fully saturated rings. The third-order valence-corrected chi connectivity index (χ3v) is 3.39. The molecule has 4 nitrogen and oxygen atoms in total.